The second kappa shape index (κ2) is 9.12. The van der Waals surface area contributed by atoms with Crippen LogP contribution in [0.5, 0.6) is 11.5 Å². The van der Waals surface area contributed by atoms with Gasteiger partial charge in [0.05, 0.1) is 24.4 Å². The number of nitrogens with zero attached hydrogens (tertiary/aromatic N) is 2. The van der Waals surface area contributed by atoms with Gasteiger partial charge in [-0.15, -0.1) is 0 Å². The highest BCUT2D eigenvalue weighted by atomic mass is 35.5. The van der Waals surface area contributed by atoms with Gasteiger partial charge in [0, 0.05) is 10.7 Å². The molecule has 1 N–H and O–H groups in total. The summed E-state index contributed by atoms with van der Waals surface area (Å²) in [5.74, 6) is 1.14. The summed E-state index contributed by atoms with van der Waals surface area (Å²) in [4.78, 5) is 14.9. The number of hydroxylamine groups is 1. The lowest BCUT2D eigenvalue weighted by Crippen LogP contribution is -2.37. The molecule has 0 spiro atoms. The minimum atomic E-state index is -0.308. The first-order chi connectivity index (χ1) is 16.0. The van der Waals surface area contributed by atoms with E-state index in [0.717, 1.165) is 24.1 Å². The Hall–Kier alpha value is -2.96. The van der Waals surface area contributed by atoms with Crippen molar-refractivity contribution in [2.24, 2.45) is 4.99 Å². The topological polar surface area (TPSA) is 55.7 Å². The standard InChI is InChI=1S/C26H25ClFN3O2/c1-15-10-19(27)9-8-18(15)12-20-14-32-31-26(30-20)22-11-16(2)29-13-24(22)33-23-5-3-4-21(25(23)28)17-6-7-17/h3-5,8-11,13,17,20H,6-7,12,14H2,1-2H3,(H,30,31). The van der Waals surface area contributed by atoms with Gasteiger partial charge in [0.15, 0.2) is 23.2 Å². The van der Waals surface area contributed by atoms with Gasteiger partial charge in [-0.2, -0.15) is 0 Å². The Morgan fingerprint density at radius 2 is 2.00 bits per heavy atom. The van der Waals surface area contributed by atoms with Crippen LogP contribution in [0, 0.1) is 19.7 Å². The van der Waals surface area contributed by atoms with E-state index >= 15 is 4.39 Å². The third-order valence-corrected chi connectivity index (χ3v) is 6.24. The number of aromatic nitrogens is 1. The fourth-order valence-corrected chi connectivity index (χ4v) is 4.30. The fraction of sp³-hybridized carbons (Fsp3) is 0.308. The molecule has 1 saturated carbocycles. The number of rotatable bonds is 6. The normalized spacial score (nSPS) is 17.9. The van der Waals surface area contributed by atoms with Gasteiger partial charge in [-0.05, 0) is 80.0 Å². The summed E-state index contributed by atoms with van der Waals surface area (Å²) >= 11 is 6.09. The fourth-order valence-electron chi connectivity index (χ4n) is 4.07. The smallest absolute Gasteiger partial charge is 0.169 e. The molecule has 1 aromatic heterocycles. The molecule has 7 heteroatoms. The summed E-state index contributed by atoms with van der Waals surface area (Å²) in [6.07, 6.45) is 4.35. The average molecular weight is 466 g/mol. The monoisotopic (exact) mass is 465 g/mol. The predicted molar refractivity (Wildman–Crippen MR) is 127 cm³/mol. The maximum atomic E-state index is 15.0. The Labute approximate surface area is 197 Å². The van der Waals surface area contributed by atoms with E-state index in [1.807, 2.05) is 50.2 Å². The van der Waals surface area contributed by atoms with Crippen molar-refractivity contribution in [2.45, 2.75) is 45.1 Å². The van der Waals surface area contributed by atoms with Crippen molar-refractivity contribution in [1.29, 1.82) is 0 Å². The van der Waals surface area contributed by atoms with Crippen LogP contribution >= 0.6 is 11.6 Å². The van der Waals surface area contributed by atoms with Crippen LogP contribution in [0.1, 0.15) is 46.7 Å². The van der Waals surface area contributed by atoms with E-state index in [1.54, 1.807) is 12.3 Å². The van der Waals surface area contributed by atoms with Crippen molar-refractivity contribution in [3.63, 3.8) is 0 Å². The van der Waals surface area contributed by atoms with Gasteiger partial charge in [0.1, 0.15) is 0 Å². The number of pyridine rings is 1. The van der Waals surface area contributed by atoms with Crippen molar-refractivity contribution in [2.75, 3.05) is 6.61 Å². The second-order valence-electron chi connectivity index (χ2n) is 8.68. The van der Waals surface area contributed by atoms with Crippen LogP contribution in [0.2, 0.25) is 5.02 Å². The molecule has 3 aromatic rings. The van der Waals surface area contributed by atoms with Gasteiger partial charge in [0.2, 0.25) is 0 Å². The number of ether oxygens (including phenoxy) is 1. The third-order valence-electron chi connectivity index (χ3n) is 6.01. The first-order valence-electron chi connectivity index (χ1n) is 11.1. The van der Waals surface area contributed by atoms with Crippen LogP contribution in [0.15, 0.2) is 53.7 Å². The quantitative estimate of drug-likeness (QED) is 0.481. The molecule has 1 aliphatic carbocycles. The Balaban J connectivity index is 1.44. The highest BCUT2D eigenvalue weighted by Crippen LogP contribution is 2.43. The van der Waals surface area contributed by atoms with Crippen molar-refractivity contribution in [1.82, 2.24) is 10.5 Å². The van der Waals surface area contributed by atoms with Gasteiger partial charge in [-0.25, -0.2) is 9.87 Å². The summed E-state index contributed by atoms with van der Waals surface area (Å²) in [5, 5.41) is 0.717. The van der Waals surface area contributed by atoms with E-state index in [1.165, 1.54) is 5.56 Å². The largest absolute Gasteiger partial charge is 0.452 e. The van der Waals surface area contributed by atoms with Crippen LogP contribution in [0.25, 0.3) is 0 Å². The van der Waals surface area contributed by atoms with Gasteiger partial charge >= 0.3 is 0 Å². The lowest BCUT2D eigenvalue weighted by Gasteiger charge is -2.24. The van der Waals surface area contributed by atoms with Crippen molar-refractivity contribution in [3.05, 3.63) is 87.4 Å². The lowest BCUT2D eigenvalue weighted by molar-refractivity contribution is 0.0623. The molecule has 1 fully saturated rings. The van der Waals surface area contributed by atoms with Crippen molar-refractivity contribution < 1.29 is 14.0 Å². The SMILES string of the molecule is Cc1cc(C2=NC(Cc3ccc(Cl)cc3C)CON2)c(Oc2cccc(C3CC3)c2F)cn1. The Morgan fingerprint density at radius 1 is 1.15 bits per heavy atom. The highest BCUT2D eigenvalue weighted by molar-refractivity contribution is 6.30. The molecule has 1 atom stereocenters. The molecule has 2 aliphatic rings. The number of halogens is 2. The Kier molecular flexibility index (Phi) is 6.04. The average Bonchev–Trinajstić information content (AvgIpc) is 3.64. The zero-order valence-corrected chi connectivity index (χ0v) is 19.3. The van der Waals surface area contributed by atoms with E-state index in [0.29, 0.717) is 46.7 Å². The minimum Gasteiger partial charge on any atom is -0.452 e. The van der Waals surface area contributed by atoms with Gasteiger partial charge in [-0.3, -0.25) is 14.8 Å². The first kappa shape index (κ1) is 21.9. The summed E-state index contributed by atoms with van der Waals surface area (Å²) in [5.41, 5.74) is 7.38. The molecular weight excluding hydrogens is 441 g/mol. The summed E-state index contributed by atoms with van der Waals surface area (Å²) in [7, 11) is 0. The highest BCUT2D eigenvalue weighted by Gasteiger charge is 2.28. The minimum absolute atomic E-state index is 0.0858. The van der Waals surface area contributed by atoms with Crippen LogP contribution < -0.4 is 10.2 Å². The molecule has 0 bridgehead atoms. The Bertz CT molecular complexity index is 1230. The van der Waals surface area contributed by atoms with E-state index < -0.39 is 0 Å². The summed E-state index contributed by atoms with van der Waals surface area (Å²) in [6.45, 7) is 4.36. The number of benzene rings is 2. The molecule has 170 valence electrons. The molecule has 33 heavy (non-hydrogen) atoms. The molecule has 1 unspecified atom stereocenters. The maximum Gasteiger partial charge on any atom is 0.169 e. The zero-order valence-electron chi connectivity index (χ0n) is 18.6. The van der Waals surface area contributed by atoms with Crippen LogP contribution in [-0.4, -0.2) is 23.5 Å². The van der Waals surface area contributed by atoms with Crippen molar-refractivity contribution >= 4 is 17.4 Å². The van der Waals surface area contributed by atoms with E-state index in [-0.39, 0.29) is 17.6 Å². The molecule has 0 saturated heterocycles. The Morgan fingerprint density at radius 3 is 2.79 bits per heavy atom. The molecule has 2 aromatic carbocycles. The molecule has 0 radical (unpaired) electrons. The number of aryl methyl sites for hydroxylation is 2. The molecule has 2 heterocycles. The van der Waals surface area contributed by atoms with Gasteiger partial charge < -0.3 is 4.74 Å². The second-order valence-corrected chi connectivity index (χ2v) is 9.11. The molecule has 5 nitrogen and oxygen atoms in total. The summed E-state index contributed by atoms with van der Waals surface area (Å²) in [6, 6.07) is 12.9. The molecule has 1 aliphatic heterocycles. The van der Waals surface area contributed by atoms with Crippen molar-refractivity contribution in [3.8, 4) is 11.5 Å². The number of hydrogen-bond acceptors (Lipinski definition) is 5. The third kappa shape index (κ3) is 4.87. The number of nitrogens with one attached hydrogen (secondary N) is 1. The number of aliphatic imine (C=N–C) groups is 1. The van der Waals surface area contributed by atoms with E-state index in [9.17, 15) is 0 Å². The maximum absolute atomic E-state index is 15.0. The van der Waals surface area contributed by atoms with Gasteiger partial charge in [-0.1, -0.05) is 29.8 Å². The van der Waals surface area contributed by atoms with Crippen LogP contribution in [0.4, 0.5) is 4.39 Å². The van der Waals surface area contributed by atoms with Crippen LogP contribution in [0.3, 0.4) is 0 Å². The number of hydrogen-bond donors (Lipinski definition) is 1. The van der Waals surface area contributed by atoms with Crippen LogP contribution in [-0.2, 0) is 11.3 Å². The lowest BCUT2D eigenvalue weighted by atomic mass is 10.0. The zero-order chi connectivity index (χ0) is 22.9. The first-order valence-corrected chi connectivity index (χ1v) is 11.5. The van der Waals surface area contributed by atoms with Gasteiger partial charge in [0.25, 0.3) is 0 Å². The molecule has 5 rings (SSSR count). The molecule has 0 amide bonds. The van der Waals surface area contributed by atoms with E-state index in [4.69, 9.17) is 26.2 Å². The molecular formula is C26H25ClFN3O2. The predicted octanol–water partition coefficient (Wildman–Crippen LogP) is 6.05. The number of amidine groups is 1. The summed E-state index contributed by atoms with van der Waals surface area (Å²) < 4.78 is 21.1. The van der Waals surface area contributed by atoms with E-state index in [2.05, 4.69) is 10.5 Å².